The molecule has 2 rings (SSSR count). The van der Waals surface area contributed by atoms with Crippen molar-refractivity contribution >= 4 is 41.7 Å². The quantitative estimate of drug-likeness (QED) is 0.342. The predicted octanol–water partition coefficient (Wildman–Crippen LogP) is 3.05. The normalized spacial score (nSPS) is 26.8. The second-order valence-electron chi connectivity index (χ2n) is 5.44. The van der Waals surface area contributed by atoms with Crippen molar-refractivity contribution in [2.45, 2.75) is 32.6 Å². The van der Waals surface area contributed by atoms with Crippen molar-refractivity contribution in [2.75, 3.05) is 38.2 Å². The second-order valence-corrected chi connectivity index (χ2v) is 6.42. The Hall–Kier alpha value is 0.350. The standard InChI is InChI=1S/C14H27N3S.HI/c1-3-15-14(16-8-9-18-2)17-10-12-6-4-5-7-13(12)11-17;/h12-13H,3-11H2,1-2H3,(H,15,16);1H. The van der Waals surface area contributed by atoms with Gasteiger partial charge in [0.15, 0.2) is 5.96 Å². The predicted molar refractivity (Wildman–Crippen MR) is 96.8 cm³/mol. The summed E-state index contributed by atoms with van der Waals surface area (Å²) in [7, 11) is 0. The Morgan fingerprint density at radius 2 is 1.89 bits per heavy atom. The van der Waals surface area contributed by atoms with Crippen molar-refractivity contribution in [1.29, 1.82) is 0 Å². The zero-order chi connectivity index (χ0) is 12.8. The van der Waals surface area contributed by atoms with Crippen molar-refractivity contribution in [2.24, 2.45) is 16.8 Å². The van der Waals surface area contributed by atoms with E-state index in [9.17, 15) is 0 Å². The van der Waals surface area contributed by atoms with Gasteiger partial charge in [-0.2, -0.15) is 11.8 Å². The largest absolute Gasteiger partial charge is 0.357 e. The zero-order valence-electron chi connectivity index (χ0n) is 12.2. The van der Waals surface area contributed by atoms with Crippen molar-refractivity contribution < 1.29 is 0 Å². The van der Waals surface area contributed by atoms with E-state index in [1.54, 1.807) is 0 Å². The van der Waals surface area contributed by atoms with E-state index in [1.807, 2.05) is 11.8 Å². The van der Waals surface area contributed by atoms with Gasteiger partial charge in [-0.05, 0) is 37.9 Å². The molecule has 1 saturated heterocycles. The maximum absolute atomic E-state index is 4.75. The molecule has 1 aliphatic heterocycles. The van der Waals surface area contributed by atoms with E-state index in [0.717, 1.165) is 36.6 Å². The third-order valence-corrected chi connectivity index (χ3v) is 4.76. The van der Waals surface area contributed by atoms with Gasteiger partial charge in [0.25, 0.3) is 0 Å². The number of aliphatic imine (C=N–C) groups is 1. The number of hydrogen-bond acceptors (Lipinski definition) is 2. The van der Waals surface area contributed by atoms with Crippen LogP contribution in [0.25, 0.3) is 0 Å². The first-order valence-corrected chi connectivity index (χ1v) is 8.76. The molecule has 0 radical (unpaired) electrons. The number of rotatable bonds is 4. The summed E-state index contributed by atoms with van der Waals surface area (Å²) in [5, 5.41) is 3.46. The van der Waals surface area contributed by atoms with Crippen LogP contribution >= 0.6 is 35.7 Å². The highest BCUT2D eigenvalue weighted by atomic mass is 127. The van der Waals surface area contributed by atoms with Crippen LogP contribution < -0.4 is 5.32 Å². The first kappa shape index (κ1) is 17.4. The molecule has 0 aromatic rings. The maximum Gasteiger partial charge on any atom is 0.193 e. The van der Waals surface area contributed by atoms with Gasteiger partial charge in [-0.15, -0.1) is 24.0 Å². The second kappa shape index (κ2) is 9.32. The van der Waals surface area contributed by atoms with Gasteiger partial charge in [0.2, 0.25) is 0 Å². The van der Waals surface area contributed by atoms with E-state index in [1.165, 1.54) is 38.8 Å². The molecule has 112 valence electrons. The number of guanidine groups is 1. The molecule has 1 heterocycles. The van der Waals surface area contributed by atoms with Crippen LogP contribution in [0.5, 0.6) is 0 Å². The smallest absolute Gasteiger partial charge is 0.193 e. The molecule has 2 aliphatic rings. The SMILES string of the molecule is CCNC(=NCCSC)N1CC2CCCCC2C1.I. The molecular weight excluding hydrogens is 369 g/mol. The number of halogens is 1. The number of nitrogens with zero attached hydrogens (tertiary/aromatic N) is 2. The van der Waals surface area contributed by atoms with E-state index >= 15 is 0 Å². The highest BCUT2D eigenvalue weighted by Crippen LogP contribution is 2.35. The van der Waals surface area contributed by atoms with E-state index in [-0.39, 0.29) is 24.0 Å². The van der Waals surface area contributed by atoms with Crippen LogP contribution in [-0.4, -0.2) is 49.0 Å². The minimum Gasteiger partial charge on any atom is -0.357 e. The topological polar surface area (TPSA) is 27.6 Å². The Kier molecular flexibility index (Phi) is 8.53. The molecule has 0 aromatic carbocycles. The highest BCUT2D eigenvalue weighted by molar-refractivity contribution is 14.0. The Balaban J connectivity index is 0.00000180. The molecule has 2 unspecified atom stereocenters. The summed E-state index contributed by atoms with van der Waals surface area (Å²) in [5.41, 5.74) is 0. The molecule has 5 heteroatoms. The summed E-state index contributed by atoms with van der Waals surface area (Å²) in [4.78, 5) is 7.26. The lowest BCUT2D eigenvalue weighted by molar-refractivity contribution is 0.299. The summed E-state index contributed by atoms with van der Waals surface area (Å²) in [5.74, 6) is 4.14. The van der Waals surface area contributed by atoms with E-state index < -0.39 is 0 Å². The average molecular weight is 397 g/mol. The number of likely N-dealkylation sites (tertiary alicyclic amines) is 1. The van der Waals surface area contributed by atoms with Gasteiger partial charge in [-0.1, -0.05) is 12.8 Å². The lowest BCUT2D eigenvalue weighted by Crippen LogP contribution is -2.40. The van der Waals surface area contributed by atoms with Gasteiger partial charge in [-0.3, -0.25) is 4.99 Å². The van der Waals surface area contributed by atoms with Crippen LogP contribution in [0.4, 0.5) is 0 Å². The summed E-state index contributed by atoms with van der Waals surface area (Å²) in [6.45, 7) is 6.54. The Bertz CT molecular complexity index is 272. The fourth-order valence-corrected chi connectivity index (χ4v) is 3.52. The van der Waals surface area contributed by atoms with Crippen LogP contribution in [0, 0.1) is 11.8 Å². The number of fused-ring (bicyclic) bond motifs is 1. The van der Waals surface area contributed by atoms with E-state index in [2.05, 4.69) is 23.4 Å². The lowest BCUT2D eigenvalue weighted by Gasteiger charge is -2.22. The minimum atomic E-state index is 0. The van der Waals surface area contributed by atoms with Gasteiger partial charge in [0.1, 0.15) is 0 Å². The minimum absolute atomic E-state index is 0. The molecule has 2 fully saturated rings. The van der Waals surface area contributed by atoms with Gasteiger partial charge >= 0.3 is 0 Å². The maximum atomic E-state index is 4.75. The highest BCUT2D eigenvalue weighted by Gasteiger charge is 2.35. The van der Waals surface area contributed by atoms with Crippen molar-refractivity contribution in [3.8, 4) is 0 Å². The molecule has 3 nitrogen and oxygen atoms in total. The molecule has 0 bridgehead atoms. The first-order valence-electron chi connectivity index (χ1n) is 7.37. The molecule has 2 atom stereocenters. The summed E-state index contributed by atoms with van der Waals surface area (Å²) in [6, 6.07) is 0. The van der Waals surface area contributed by atoms with Crippen LogP contribution in [0.3, 0.4) is 0 Å². The number of nitrogens with one attached hydrogen (secondary N) is 1. The summed E-state index contributed by atoms with van der Waals surface area (Å²) >= 11 is 1.87. The summed E-state index contributed by atoms with van der Waals surface area (Å²) < 4.78 is 0. The van der Waals surface area contributed by atoms with Crippen molar-refractivity contribution in [3.63, 3.8) is 0 Å². The molecule has 1 saturated carbocycles. The first-order chi connectivity index (χ1) is 8.85. The Morgan fingerprint density at radius 3 is 2.42 bits per heavy atom. The Labute approximate surface area is 139 Å². The van der Waals surface area contributed by atoms with Gasteiger partial charge < -0.3 is 10.2 Å². The summed E-state index contributed by atoms with van der Waals surface area (Å²) in [6.07, 6.45) is 7.90. The van der Waals surface area contributed by atoms with Crippen molar-refractivity contribution in [3.05, 3.63) is 0 Å². The molecule has 0 amide bonds. The molecule has 1 N–H and O–H groups in total. The zero-order valence-corrected chi connectivity index (χ0v) is 15.4. The molecule has 0 spiro atoms. The van der Waals surface area contributed by atoms with Gasteiger partial charge in [0, 0.05) is 25.4 Å². The fraction of sp³-hybridized carbons (Fsp3) is 0.929. The lowest BCUT2D eigenvalue weighted by atomic mass is 9.82. The van der Waals surface area contributed by atoms with Crippen LogP contribution in [0.15, 0.2) is 4.99 Å². The van der Waals surface area contributed by atoms with Crippen LogP contribution in [-0.2, 0) is 0 Å². The monoisotopic (exact) mass is 397 g/mol. The molecule has 0 aromatic heterocycles. The van der Waals surface area contributed by atoms with E-state index in [0.29, 0.717) is 0 Å². The third-order valence-electron chi connectivity index (χ3n) is 4.17. The van der Waals surface area contributed by atoms with E-state index in [4.69, 9.17) is 4.99 Å². The fourth-order valence-electron chi connectivity index (χ4n) is 3.25. The van der Waals surface area contributed by atoms with Gasteiger partial charge in [-0.25, -0.2) is 0 Å². The van der Waals surface area contributed by atoms with Gasteiger partial charge in [0.05, 0.1) is 6.54 Å². The number of hydrogen-bond donors (Lipinski definition) is 1. The Morgan fingerprint density at radius 1 is 1.26 bits per heavy atom. The number of thioether (sulfide) groups is 1. The van der Waals surface area contributed by atoms with Crippen LogP contribution in [0.2, 0.25) is 0 Å². The molecule has 1 aliphatic carbocycles. The average Bonchev–Trinajstić information content (AvgIpc) is 2.81. The molecule has 19 heavy (non-hydrogen) atoms. The van der Waals surface area contributed by atoms with Crippen LogP contribution in [0.1, 0.15) is 32.6 Å². The molecular formula is C14H28IN3S. The van der Waals surface area contributed by atoms with Crippen molar-refractivity contribution in [1.82, 2.24) is 10.2 Å². The third kappa shape index (κ3) is 4.99.